The summed E-state index contributed by atoms with van der Waals surface area (Å²) >= 11 is 0. The number of nitrogens with one attached hydrogen (secondary N) is 2. The number of carbonyl (C=O) groups is 1. The number of hydrogen-bond donors (Lipinski definition) is 3. The molecule has 1 aliphatic carbocycles. The summed E-state index contributed by atoms with van der Waals surface area (Å²) in [6.45, 7) is 3.86. The number of amides is 1. The standard InChI is InChI=1S/C17H23N3O3/c1-10(2)20-14-9-11(7-8-12(14)19-17(20)23)16(22)18-13-5-3-4-6-15(13)21/h7-10,13,15,21H,3-6H2,1-2H3,(H,18,22)(H,19,23)/t13-,15-/m0/s1. The Morgan fingerprint density at radius 1 is 1.35 bits per heavy atom. The summed E-state index contributed by atoms with van der Waals surface area (Å²) in [6.07, 6.45) is 3.08. The number of aliphatic hydroxyl groups is 1. The van der Waals surface area contributed by atoms with E-state index in [0.29, 0.717) is 5.56 Å². The number of carbonyl (C=O) groups excluding carboxylic acids is 1. The molecular weight excluding hydrogens is 294 g/mol. The van der Waals surface area contributed by atoms with Gasteiger partial charge in [0.25, 0.3) is 5.91 Å². The van der Waals surface area contributed by atoms with Gasteiger partial charge in [0.1, 0.15) is 0 Å². The molecule has 2 aromatic rings. The first kappa shape index (κ1) is 15.8. The van der Waals surface area contributed by atoms with E-state index >= 15 is 0 Å². The van der Waals surface area contributed by atoms with Crippen LogP contribution < -0.4 is 11.0 Å². The number of fused-ring (bicyclic) bond motifs is 1. The third-order valence-corrected chi connectivity index (χ3v) is 4.54. The Hall–Kier alpha value is -2.08. The lowest BCUT2D eigenvalue weighted by molar-refractivity contribution is 0.0717. The molecule has 23 heavy (non-hydrogen) atoms. The molecule has 1 aromatic heterocycles. The molecule has 0 bridgehead atoms. The number of imidazole rings is 1. The number of aromatic amines is 1. The van der Waals surface area contributed by atoms with Crippen molar-refractivity contribution in [3.05, 3.63) is 34.2 Å². The van der Waals surface area contributed by atoms with Gasteiger partial charge in [-0.1, -0.05) is 12.8 Å². The first-order valence-electron chi connectivity index (χ1n) is 8.20. The van der Waals surface area contributed by atoms with Crippen LogP contribution >= 0.6 is 0 Å². The molecule has 1 aliphatic rings. The lowest BCUT2D eigenvalue weighted by Gasteiger charge is -2.28. The van der Waals surface area contributed by atoms with Gasteiger partial charge in [-0.05, 0) is 44.9 Å². The molecule has 0 aliphatic heterocycles. The van der Waals surface area contributed by atoms with Crippen LogP contribution in [0.4, 0.5) is 0 Å². The van der Waals surface area contributed by atoms with Crippen molar-refractivity contribution in [3.63, 3.8) is 0 Å². The van der Waals surface area contributed by atoms with Crippen molar-refractivity contribution >= 4 is 16.9 Å². The monoisotopic (exact) mass is 317 g/mol. The Morgan fingerprint density at radius 3 is 2.78 bits per heavy atom. The zero-order valence-corrected chi connectivity index (χ0v) is 13.5. The average Bonchev–Trinajstić information content (AvgIpc) is 2.84. The van der Waals surface area contributed by atoms with E-state index in [9.17, 15) is 14.7 Å². The molecule has 3 N–H and O–H groups in total. The van der Waals surface area contributed by atoms with Crippen LogP contribution in [0.25, 0.3) is 11.0 Å². The summed E-state index contributed by atoms with van der Waals surface area (Å²) in [5, 5.41) is 12.9. The molecule has 0 unspecified atom stereocenters. The summed E-state index contributed by atoms with van der Waals surface area (Å²) in [4.78, 5) is 27.3. The Labute approximate surface area is 134 Å². The highest BCUT2D eigenvalue weighted by Crippen LogP contribution is 2.20. The molecule has 0 radical (unpaired) electrons. The highest BCUT2D eigenvalue weighted by atomic mass is 16.3. The molecule has 124 valence electrons. The van der Waals surface area contributed by atoms with Crippen molar-refractivity contribution in [1.82, 2.24) is 14.9 Å². The zero-order valence-electron chi connectivity index (χ0n) is 13.5. The van der Waals surface area contributed by atoms with Gasteiger partial charge < -0.3 is 15.4 Å². The van der Waals surface area contributed by atoms with Gasteiger partial charge in [-0.3, -0.25) is 9.36 Å². The van der Waals surface area contributed by atoms with E-state index in [1.165, 1.54) is 0 Å². The normalized spacial score (nSPS) is 21.7. The van der Waals surface area contributed by atoms with Crippen LogP contribution in [-0.4, -0.2) is 32.7 Å². The van der Waals surface area contributed by atoms with E-state index in [2.05, 4.69) is 10.3 Å². The van der Waals surface area contributed by atoms with Gasteiger partial charge in [-0.2, -0.15) is 0 Å². The highest BCUT2D eigenvalue weighted by molar-refractivity contribution is 5.97. The average molecular weight is 317 g/mol. The minimum Gasteiger partial charge on any atom is -0.391 e. The second kappa shape index (κ2) is 6.20. The molecule has 0 spiro atoms. The molecule has 2 atom stereocenters. The van der Waals surface area contributed by atoms with E-state index in [0.717, 1.165) is 36.7 Å². The van der Waals surface area contributed by atoms with E-state index < -0.39 is 6.10 Å². The topological polar surface area (TPSA) is 87.1 Å². The van der Waals surface area contributed by atoms with Crippen LogP contribution in [0.3, 0.4) is 0 Å². The Kier molecular flexibility index (Phi) is 4.26. The third-order valence-electron chi connectivity index (χ3n) is 4.54. The molecule has 6 nitrogen and oxygen atoms in total. The number of H-pyrrole nitrogens is 1. The van der Waals surface area contributed by atoms with Crippen molar-refractivity contribution in [1.29, 1.82) is 0 Å². The number of hydrogen-bond acceptors (Lipinski definition) is 3. The fourth-order valence-corrected chi connectivity index (χ4v) is 3.31. The Morgan fingerprint density at radius 2 is 2.09 bits per heavy atom. The molecule has 1 amide bonds. The summed E-state index contributed by atoms with van der Waals surface area (Å²) in [6, 6.07) is 5.01. The van der Waals surface area contributed by atoms with Crippen LogP contribution in [-0.2, 0) is 0 Å². The number of aromatic nitrogens is 2. The van der Waals surface area contributed by atoms with E-state index in [1.807, 2.05) is 13.8 Å². The fourth-order valence-electron chi connectivity index (χ4n) is 3.31. The number of rotatable bonds is 3. The summed E-state index contributed by atoms with van der Waals surface area (Å²) in [5.74, 6) is -0.207. The number of aliphatic hydroxyl groups excluding tert-OH is 1. The molecule has 1 heterocycles. The second-order valence-electron chi connectivity index (χ2n) is 6.56. The number of benzene rings is 1. The predicted molar refractivity (Wildman–Crippen MR) is 88.7 cm³/mol. The lowest BCUT2D eigenvalue weighted by atomic mass is 9.92. The minimum absolute atomic E-state index is 0.00901. The van der Waals surface area contributed by atoms with Gasteiger partial charge in [0, 0.05) is 11.6 Å². The van der Waals surface area contributed by atoms with Gasteiger partial charge in [-0.15, -0.1) is 0 Å². The van der Waals surface area contributed by atoms with Crippen LogP contribution in [0.15, 0.2) is 23.0 Å². The SMILES string of the molecule is CC(C)n1c(=O)[nH]c2ccc(C(=O)N[C@H]3CCCC[C@@H]3O)cc21. The molecule has 6 heteroatoms. The highest BCUT2D eigenvalue weighted by Gasteiger charge is 2.25. The van der Waals surface area contributed by atoms with Crippen molar-refractivity contribution in [3.8, 4) is 0 Å². The largest absolute Gasteiger partial charge is 0.391 e. The summed E-state index contributed by atoms with van der Waals surface area (Å²) in [5.41, 5.74) is 1.78. The van der Waals surface area contributed by atoms with Crippen molar-refractivity contribution < 1.29 is 9.90 Å². The fraction of sp³-hybridized carbons (Fsp3) is 0.529. The van der Waals surface area contributed by atoms with Crippen molar-refractivity contribution in [2.24, 2.45) is 0 Å². The Bertz CT molecular complexity index is 775. The van der Waals surface area contributed by atoms with Crippen LogP contribution in [0.2, 0.25) is 0 Å². The zero-order chi connectivity index (χ0) is 16.6. The molecule has 3 rings (SSSR count). The number of nitrogens with zero attached hydrogens (tertiary/aromatic N) is 1. The maximum absolute atomic E-state index is 12.5. The summed E-state index contributed by atoms with van der Waals surface area (Å²) in [7, 11) is 0. The third kappa shape index (κ3) is 3.03. The minimum atomic E-state index is -0.475. The van der Waals surface area contributed by atoms with E-state index in [-0.39, 0.29) is 23.7 Å². The maximum atomic E-state index is 12.5. The molecule has 1 saturated carbocycles. The smallest absolute Gasteiger partial charge is 0.326 e. The maximum Gasteiger partial charge on any atom is 0.326 e. The lowest BCUT2D eigenvalue weighted by Crippen LogP contribution is -2.45. The predicted octanol–water partition coefficient (Wildman–Crippen LogP) is 1.94. The molecule has 1 fully saturated rings. The molecule has 1 aromatic carbocycles. The van der Waals surface area contributed by atoms with Crippen LogP contribution in [0.5, 0.6) is 0 Å². The first-order chi connectivity index (χ1) is 11.0. The Balaban J connectivity index is 1.89. The van der Waals surface area contributed by atoms with Crippen molar-refractivity contribution in [2.75, 3.05) is 0 Å². The van der Waals surface area contributed by atoms with Gasteiger partial charge in [0.2, 0.25) is 0 Å². The second-order valence-corrected chi connectivity index (χ2v) is 6.56. The first-order valence-corrected chi connectivity index (χ1v) is 8.20. The van der Waals surface area contributed by atoms with E-state index in [4.69, 9.17) is 0 Å². The van der Waals surface area contributed by atoms with Gasteiger partial charge >= 0.3 is 5.69 Å². The van der Waals surface area contributed by atoms with Crippen LogP contribution in [0, 0.1) is 0 Å². The van der Waals surface area contributed by atoms with Crippen molar-refractivity contribution in [2.45, 2.75) is 57.7 Å². The van der Waals surface area contributed by atoms with Crippen LogP contribution in [0.1, 0.15) is 55.9 Å². The van der Waals surface area contributed by atoms with E-state index in [1.54, 1.807) is 22.8 Å². The molecular formula is C17H23N3O3. The molecule has 0 saturated heterocycles. The van der Waals surface area contributed by atoms with Gasteiger partial charge in [-0.25, -0.2) is 4.79 Å². The quantitative estimate of drug-likeness (QED) is 0.808. The summed E-state index contributed by atoms with van der Waals surface area (Å²) < 4.78 is 1.64. The van der Waals surface area contributed by atoms with Gasteiger partial charge in [0.05, 0.1) is 23.2 Å². The van der Waals surface area contributed by atoms with Gasteiger partial charge in [0.15, 0.2) is 0 Å².